The molecular weight excluding hydrogens is 290 g/mol. The Labute approximate surface area is 116 Å². The van der Waals surface area contributed by atoms with E-state index in [-0.39, 0.29) is 17.5 Å². The number of carboxylic acid groups (broad SMARTS) is 1. The fourth-order valence-corrected chi connectivity index (χ4v) is 3.57. The summed E-state index contributed by atoms with van der Waals surface area (Å²) in [6.45, 7) is 1.45. The first-order valence-corrected chi connectivity index (χ1v) is 8.33. The molecule has 0 bridgehead atoms. The summed E-state index contributed by atoms with van der Waals surface area (Å²) < 4.78 is 26.9. The first kappa shape index (κ1) is 16.0. The Hall–Kier alpha value is -1.06. The predicted molar refractivity (Wildman–Crippen MR) is 72.7 cm³/mol. The molecule has 1 N–H and O–H groups in total. The van der Waals surface area contributed by atoms with E-state index in [0.717, 1.165) is 4.68 Å². The van der Waals surface area contributed by atoms with Gasteiger partial charge < -0.3 is 5.11 Å². The smallest absolute Gasteiger partial charge is 0.325 e. The van der Waals surface area contributed by atoms with Gasteiger partial charge in [-0.2, -0.15) is 21.2 Å². The summed E-state index contributed by atoms with van der Waals surface area (Å²) in [6, 6.07) is -0.150. The summed E-state index contributed by atoms with van der Waals surface area (Å²) in [5.41, 5.74) is 0. The lowest BCUT2D eigenvalue weighted by Crippen LogP contribution is -2.36. The highest BCUT2D eigenvalue weighted by Crippen LogP contribution is 2.17. The van der Waals surface area contributed by atoms with Gasteiger partial charge in [0.15, 0.2) is 0 Å². The zero-order chi connectivity index (χ0) is 14.6. The summed E-state index contributed by atoms with van der Waals surface area (Å²) in [5, 5.41) is 12.4. The second kappa shape index (κ2) is 6.40. The second-order valence-corrected chi connectivity index (χ2v) is 7.00. The molecule has 0 saturated carbocycles. The van der Waals surface area contributed by atoms with Crippen LogP contribution in [0.15, 0.2) is 17.3 Å². The van der Waals surface area contributed by atoms with E-state index in [2.05, 4.69) is 5.10 Å². The lowest BCUT2D eigenvalue weighted by atomic mass is 10.4. The maximum Gasteiger partial charge on any atom is 0.325 e. The third-order valence-electron chi connectivity index (χ3n) is 2.61. The third-order valence-corrected chi connectivity index (χ3v) is 5.35. The zero-order valence-electron chi connectivity index (χ0n) is 11.0. The van der Waals surface area contributed by atoms with Crippen molar-refractivity contribution in [2.24, 2.45) is 0 Å². The second-order valence-electron chi connectivity index (χ2n) is 4.09. The number of carbonyl (C=O) groups is 1. The quantitative estimate of drug-likeness (QED) is 0.781. The number of aliphatic carboxylic acids is 1. The van der Waals surface area contributed by atoms with Crippen LogP contribution in [0.1, 0.15) is 6.92 Å². The van der Waals surface area contributed by atoms with E-state index >= 15 is 0 Å². The fraction of sp³-hybridized carbons (Fsp3) is 0.600. The maximum absolute atomic E-state index is 12.3. The average Bonchev–Trinajstić information content (AvgIpc) is 2.76. The van der Waals surface area contributed by atoms with Crippen LogP contribution in [0.2, 0.25) is 0 Å². The van der Waals surface area contributed by atoms with Gasteiger partial charge in [-0.1, -0.05) is 0 Å². The first-order valence-electron chi connectivity index (χ1n) is 5.50. The Morgan fingerprint density at radius 3 is 2.79 bits per heavy atom. The van der Waals surface area contributed by atoms with Crippen LogP contribution >= 0.6 is 11.8 Å². The van der Waals surface area contributed by atoms with Gasteiger partial charge in [0.2, 0.25) is 10.0 Å². The number of rotatable bonds is 7. The molecule has 19 heavy (non-hydrogen) atoms. The van der Waals surface area contributed by atoms with E-state index in [9.17, 15) is 13.2 Å². The minimum Gasteiger partial charge on any atom is -0.480 e. The van der Waals surface area contributed by atoms with Crippen LogP contribution < -0.4 is 0 Å². The van der Waals surface area contributed by atoms with E-state index < -0.39 is 16.0 Å². The van der Waals surface area contributed by atoms with Gasteiger partial charge in [0.1, 0.15) is 11.4 Å². The Morgan fingerprint density at radius 2 is 2.26 bits per heavy atom. The van der Waals surface area contributed by atoms with Crippen LogP contribution in [0, 0.1) is 0 Å². The molecule has 0 aliphatic rings. The van der Waals surface area contributed by atoms with Crippen LogP contribution in [0.25, 0.3) is 0 Å². The molecule has 1 heterocycles. The summed E-state index contributed by atoms with van der Waals surface area (Å²) in [7, 11) is -2.13. The number of nitrogens with zero attached hydrogens (tertiary/aromatic N) is 3. The van der Waals surface area contributed by atoms with Gasteiger partial charge in [-0.05, 0) is 13.2 Å². The van der Waals surface area contributed by atoms with Crippen molar-refractivity contribution >= 4 is 27.8 Å². The van der Waals surface area contributed by atoms with Gasteiger partial charge >= 0.3 is 5.97 Å². The molecule has 1 atom stereocenters. The Kier molecular flexibility index (Phi) is 5.39. The monoisotopic (exact) mass is 307 g/mol. The zero-order valence-corrected chi connectivity index (χ0v) is 12.6. The number of carboxylic acids is 1. The topological polar surface area (TPSA) is 92.5 Å². The highest BCUT2D eigenvalue weighted by molar-refractivity contribution is 7.98. The van der Waals surface area contributed by atoms with Crippen molar-refractivity contribution in [3.8, 4) is 0 Å². The Balaban J connectivity index is 2.93. The molecule has 0 spiro atoms. The van der Waals surface area contributed by atoms with Gasteiger partial charge in [-0.15, -0.1) is 0 Å². The molecule has 1 rings (SSSR count). The van der Waals surface area contributed by atoms with Crippen LogP contribution in [-0.2, 0) is 21.4 Å². The molecule has 0 fully saturated rings. The number of aromatic nitrogens is 2. The normalized spacial score (nSPS) is 13.7. The van der Waals surface area contributed by atoms with Crippen LogP contribution in [-0.4, -0.2) is 58.7 Å². The minimum atomic E-state index is -3.63. The van der Waals surface area contributed by atoms with Crippen LogP contribution in [0.5, 0.6) is 0 Å². The summed E-state index contributed by atoms with van der Waals surface area (Å²) in [4.78, 5) is 10.5. The molecule has 0 saturated heterocycles. The van der Waals surface area contributed by atoms with Crippen molar-refractivity contribution < 1.29 is 18.3 Å². The molecule has 1 aromatic heterocycles. The van der Waals surface area contributed by atoms with Gasteiger partial charge in [0.05, 0.1) is 6.20 Å². The van der Waals surface area contributed by atoms with Crippen molar-refractivity contribution in [3.63, 3.8) is 0 Å². The van der Waals surface area contributed by atoms with E-state index in [1.165, 1.54) is 23.7 Å². The molecule has 1 unspecified atom stereocenters. The largest absolute Gasteiger partial charge is 0.480 e. The molecule has 0 aliphatic carbocycles. The van der Waals surface area contributed by atoms with Crippen LogP contribution in [0.3, 0.4) is 0 Å². The molecule has 1 aromatic rings. The number of hydrogen-bond donors (Lipinski definition) is 1. The SMILES string of the molecule is CSCC(C)N(C)S(=O)(=O)c1cnn(CC(=O)O)c1. The molecular formula is C10H17N3O4S2. The van der Waals surface area contributed by atoms with Crippen molar-refractivity contribution in [1.29, 1.82) is 0 Å². The summed E-state index contributed by atoms with van der Waals surface area (Å²) in [6.07, 6.45) is 4.30. The lowest BCUT2D eigenvalue weighted by molar-refractivity contribution is -0.137. The van der Waals surface area contributed by atoms with Gasteiger partial charge in [-0.3, -0.25) is 9.48 Å². The van der Waals surface area contributed by atoms with Crippen molar-refractivity contribution in [2.75, 3.05) is 19.1 Å². The Bertz CT molecular complexity index is 541. The van der Waals surface area contributed by atoms with E-state index in [1.807, 2.05) is 13.2 Å². The molecule has 7 nitrogen and oxygen atoms in total. The highest BCUT2D eigenvalue weighted by atomic mass is 32.2. The number of thioether (sulfide) groups is 1. The number of hydrogen-bond acceptors (Lipinski definition) is 5. The van der Waals surface area contributed by atoms with Crippen molar-refractivity contribution in [2.45, 2.75) is 24.4 Å². The predicted octanol–water partition coefficient (Wildman–Crippen LogP) is 0.340. The van der Waals surface area contributed by atoms with E-state index in [1.54, 1.807) is 11.8 Å². The molecule has 108 valence electrons. The van der Waals surface area contributed by atoms with Crippen LogP contribution in [0.4, 0.5) is 0 Å². The number of sulfonamides is 1. The average molecular weight is 307 g/mol. The van der Waals surface area contributed by atoms with Gasteiger partial charge in [-0.25, -0.2) is 8.42 Å². The van der Waals surface area contributed by atoms with Gasteiger partial charge in [0, 0.05) is 25.0 Å². The minimum absolute atomic E-state index is 0.00389. The molecule has 0 aliphatic heterocycles. The highest BCUT2D eigenvalue weighted by Gasteiger charge is 2.26. The summed E-state index contributed by atoms with van der Waals surface area (Å²) in [5.74, 6) is -0.393. The standard InChI is InChI=1S/C10H17N3O4S2/c1-8(7-18-3)12(2)19(16,17)9-4-11-13(5-9)6-10(14)15/h4-5,8H,6-7H2,1-3H3,(H,14,15). The molecule has 0 amide bonds. The first-order chi connectivity index (χ1) is 8.78. The van der Waals surface area contributed by atoms with Crippen molar-refractivity contribution in [3.05, 3.63) is 12.4 Å². The summed E-state index contributed by atoms with van der Waals surface area (Å²) >= 11 is 1.56. The fourth-order valence-electron chi connectivity index (χ4n) is 1.45. The molecule has 0 aromatic carbocycles. The molecule has 0 radical (unpaired) electrons. The molecule has 9 heteroatoms. The van der Waals surface area contributed by atoms with Gasteiger partial charge in [0.25, 0.3) is 0 Å². The maximum atomic E-state index is 12.3. The van der Waals surface area contributed by atoms with Crippen molar-refractivity contribution in [1.82, 2.24) is 14.1 Å². The third kappa shape index (κ3) is 3.95. The van der Waals surface area contributed by atoms with E-state index in [0.29, 0.717) is 5.75 Å². The Morgan fingerprint density at radius 1 is 1.63 bits per heavy atom. The van der Waals surface area contributed by atoms with E-state index in [4.69, 9.17) is 5.11 Å². The lowest BCUT2D eigenvalue weighted by Gasteiger charge is -2.22.